The van der Waals surface area contributed by atoms with Crippen LogP contribution in [0.25, 0.3) is 32.9 Å². The number of aromatic nitrogens is 2. The Balaban J connectivity index is 1.87. The molecule has 1 amide bonds. The lowest BCUT2D eigenvalue weighted by molar-refractivity contribution is 0.100. The lowest BCUT2D eigenvalue weighted by Crippen LogP contribution is -2.12. The lowest BCUT2D eigenvalue weighted by atomic mass is 9.97. The summed E-state index contributed by atoms with van der Waals surface area (Å²) in [6.45, 7) is 6.17. The third-order valence-electron chi connectivity index (χ3n) is 6.33. The van der Waals surface area contributed by atoms with Crippen molar-refractivity contribution in [3.8, 4) is 11.1 Å². The van der Waals surface area contributed by atoms with Crippen molar-refractivity contribution >= 4 is 27.7 Å². The van der Waals surface area contributed by atoms with Crippen LogP contribution in [-0.2, 0) is 13.0 Å². The molecule has 0 fully saturated rings. The van der Waals surface area contributed by atoms with Gasteiger partial charge in [0, 0.05) is 34.0 Å². The van der Waals surface area contributed by atoms with E-state index in [4.69, 9.17) is 10.3 Å². The first-order chi connectivity index (χ1) is 16.3. The first-order valence-corrected chi connectivity index (χ1v) is 11.4. The molecule has 0 aliphatic rings. The van der Waals surface area contributed by atoms with Crippen molar-refractivity contribution in [2.45, 2.75) is 39.8 Å². The van der Waals surface area contributed by atoms with Crippen molar-refractivity contribution in [3.05, 3.63) is 88.8 Å². The highest BCUT2D eigenvalue weighted by Gasteiger charge is 2.21. The number of aliphatic hydroxyl groups is 1. The Morgan fingerprint density at radius 3 is 2.47 bits per heavy atom. The monoisotopic (exact) mass is 453 g/mol. The number of carbonyl (C=O) groups excluding carboxylic acids is 1. The summed E-state index contributed by atoms with van der Waals surface area (Å²) in [5.74, 6) is 0.211. The third kappa shape index (κ3) is 3.76. The van der Waals surface area contributed by atoms with Gasteiger partial charge in [0.2, 0.25) is 5.91 Å². The third-order valence-corrected chi connectivity index (χ3v) is 6.33. The van der Waals surface area contributed by atoms with Crippen LogP contribution in [0.3, 0.4) is 0 Å². The van der Waals surface area contributed by atoms with E-state index in [0.29, 0.717) is 24.3 Å². The summed E-state index contributed by atoms with van der Waals surface area (Å²) in [6.07, 6.45) is 0.104. The number of benzene rings is 3. The second-order valence-corrected chi connectivity index (χ2v) is 8.96. The highest BCUT2D eigenvalue weighted by atomic mass is 16.5. The number of fused-ring (bicyclic) bond motifs is 3. The molecule has 6 heteroatoms. The van der Waals surface area contributed by atoms with Gasteiger partial charge in [-0.2, -0.15) is 0 Å². The molecular weight excluding hydrogens is 426 g/mol. The fourth-order valence-electron chi connectivity index (χ4n) is 4.90. The number of amides is 1. The Bertz CT molecular complexity index is 1510. The molecule has 1 atom stereocenters. The number of primary amides is 1. The molecule has 3 N–H and O–H groups in total. The number of hydrogen-bond acceptors (Lipinski definition) is 4. The number of aliphatic hydroxyl groups excluding tert-OH is 1. The highest BCUT2D eigenvalue weighted by molar-refractivity contribution is 6.19. The second kappa shape index (κ2) is 8.47. The van der Waals surface area contributed by atoms with Crippen LogP contribution in [0.2, 0.25) is 0 Å². The lowest BCUT2D eigenvalue weighted by Gasteiger charge is -2.11. The maximum absolute atomic E-state index is 12.7. The van der Waals surface area contributed by atoms with E-state index in [1.807, 2.05) is 50.2 Å². The second-order valence-electron chi connectivity index (χ2n) is 8.96. The molecule has 0 saturated heterocycles. The fraction of sp³-hybridized carbons (Fsp3) is 0.214. The Kier molecular flexibility index (Phi) is 5.46. The van der Waals surface area contributed by atoms with Gasteiger partial charge < -0.3 is 19.9 Å². The van der Waals surface area contributed by atoms with Crippen LogP contribution in [0.4, 0.5) is 0 Å². The van der Waals surface area contributed by atoms with E-state index < -0.39 is 12.0 Å². The number of aryl methyl sites for hydroxylation is 2. The Labute approximate surface area is 197 Å². The number of nitrogens with two attached hydrogens (primary N) is 1. The van der Waals surface area contributed by atoms with Gasteiger partial charge in [-0.15, -0.1) is 0 Å². The highest BCUT2D eigenvalue weighted by Crippen LogP contribution is 2.38. The number of hydrogen-bond donors (Lipinski definition) is 2. The van der Waals surface area contributed by atoms with Gasteiger partial charge in [-0.05, 0) is 62.1 Å². The van der Waals surface area contributed by atoms with Crippen molar-refractivity contribution in [3.63, 3.8) is 0 Å². The molecular formula is C28H27N3O3. The van der Waals surface area contributed by atoms with E-state index in [1.165, 1.54) is 0 Å². The Morgan fingerprint density at radius 2 is 1.82 bits per heavy atom. The Hall–Kier alpha value is -3.90. The zero-order valence-corrected chi connectivity index (χ0v) is 19.5. The van der Waals surface area contributed by atoms with Crippen LogP contribution >= 0.6 is 0 Å². The summed E-state index contributed by atoms with van der Waals surface area (Å²) in [6, 6.07) is 20.3. The maximum atomic E-state index is 12.7. The van der Waals surface area contributed by atoms with Gasteiger partial charge in [0.15, 0.2) is 0 Å². The fourth-order valence-corrected chi connectivity index (χ4v) is 4.90. The summed E-state index contributed by atoms with van der Waals surface area (Å²) in [7, 11) is 0. The summed E-state index contributed by atoms with van der Waals surface area (Å²) in [4.78, 5) is 12.7. The largest absolute Gasteiger partial charge is 0.393 e. The van der Waals surface area contributed by atoms with Gasteiger partial charge in [0.25, 0.3) is 0 Å². The van der Waals surface area contributed by atoms with Gasteiger partial charge in [-0.25, -0.2) is 0 Å². The van der Waals surface area contributed by atoms with E-state index in [2.05, 4.69) is 34.0 Å². The minimum absolute atomic E-state index is 0.447. The van der Waals surface area contributed by atoms with Gasteiger partial charge in [-0.3, -0.25) is 4.79 Å². The quantitative estimate of drug-likeness (QED) is 0.372. The predicted octanol–water partition coefficient (Wildman–Crippen LogP) is 5.14. The van der Waals surface area contributed by atoms with E-state index >= 15 is 0 Å². The molecule has 172 valence electrons. The molecule has 0 aliphatic carbocycles. The topological polar surface area (TPSA) is 94.3 Å². The number of carbonyl (C=O) groups is 1. The molecule has 34 heavy (non-hydrogen) atoms. The van der Waals surface area contributed by atoms with Crippen LogP contribution in [-0.4, -0.2) is 26.8 Å². The Morgan fingerprint density at radius 1 is 1.06 bits per heavy atom. The maximum Gasteiger partial charge on any atom is 0.249 e. The van der Waals surface area contributed by atoms with Crippen LogP contribution in [0.1, 0.15) is 39.9 Å². The molecule has 1 unspecified atom stereocenters. The first kappa shape index (κ1) is 21.9. The molecule has 2 heterocycles. The van der Waals surface area contributed by atoms with E-state index in [9.17, 15) is 9.90 Å². The molecule has 0 saturated carbocycles. The molecule has 0 bridgehead atoms. The van der Waals surface area contributed by atoms with Crippen molar-refractivity contribution in [2.24, 2.45) is 5.73 Å². The minimum Gasteiger partial charge on any atom is -0.393 e. The van der Waals surface area contributed by atoms with Crippen LogP contribution in [0, 0.1) is 13.8 Å². The predicted molar refractivity (Wildman–Crippen MR) is 134 cm³/mol. The van der Waals surface area contributed by atoms with Crippen molar-refractivity contribution in [1.82, 2.24) is 9.72 Å². The molecule has 0 spiro atoms. The normalized spacial score (nSPS) is 12.5. The van der Waals surface area contributed by atoms with Crippen molar-refractivity contribution < 1.29 is 14.4 Å². The summed E-state index contributed by atoms with van der Waals surface area (Å²) < 4.78 is 7.62. The smallest absolute Gasteiger partial charge is 0.249 e. The van der Waals surface area contributed by atoms with Crippen molar-refractivity contribution in [2.75, 3.05) is 0 Å². The van der Waals surface area contributed by atoms with Gasteiger partial charge >= 0.3 is 0 Å². The number of rotatable bonds is 6. The molecule has 5 rings (SSSR count). The summed E-state index contributed by atoms with van der Waals surface area (Å²) in [5, 5.41) is 15.8. The van der Waals surface area contributed by atoms with Crippen LogP contribution < -0.4 is 5.73 Å². The zero-order chi connectivity index (χ0) is 24.0. The van der Waals surface area contributed by atoms with Gasteiger partial charge in [0.1, 0.15) is 5.76 Å². The van der Waals surface area contributed by atoms with E-state index in [1.54, 1.807) is 6.92 Å². The molecule has 0 aliphatic heterocycles. The summed E-state index contributed by atoms with van der Waals surface area (Å²) in [5.41, 5.74) is 12.9. The van der Waals surface area contributed by atoms with Crippen LogP contribution in [0.5, 0.6) is 0 Å². The molecule has 0 radical (unpaired) electrons. The van der Waals surface area contributed by atoms with Gasteiger partial charge in [-0.1, -0.05) is 47.6 Å². The first-order valence-electron chi connectivity index (χ1n) is 11.4. The average molecular weight is 454 g/mol. The average Bonchev–Trinajstić information content (AvgIpc) is 3.29. The SMILES string of the molecule is Cc1noc(C)c1-c1cc(C(N)=O)c2c3ccc(CC(C)O)cc3n(Cc3ccccc3)c2c1. The minimum atomic E-state index is -0.481. The zero-order valence-electron chi connectivity index (χ0n) is 19.5. The molecule has 2 aromatic heterocycles. The van der Waals surface area contributed by atoms with Crippen LogP contribution in [0.15, 0.2) is 65.2 Å². The van der Waals surface area contributed by atoms with E-state index in [0.717, 1.165) is 49.8 Å². The van der Waals surface area contributed by atoms with Gasteiger partial charge in [0.05, 0.1) is 17.3 Å². The molecule has 6 nitrogen and oxygen atoms in total. The molecule has 5 aromatic rings. The van der Waals surface area contributed by atoms with E-state index in [-0.39, 0.29) is 0 Å². The molecule has 3 aromatic carbocycles. The van der Waals surface area contributed by atoms with Crippen molar-refractivity contribution in [1.29, 1.82) is 0 Å². The standard InChI is InChI=1S/C28H27N3O3/c1-16(32)11-20-9-10-22-24(12-20)31(15-19-7-5-4-6-8-19)25-14-21(13-23(27(22)25)28(29)33)26-17(2)30-34-18(26)3/h4-10,12-14,16,32H,11,15H2,1-3H3,(H2,29,33). The summed E-state index contributed by atoms with van der Waals surface area (Å²) >= 11 is 0. The number of nitrogens with zero attached hydrogens (tertiary/aromatic N) is 2.